The molecule has 1 aromatic carbocycles. The molecule has 11 heteroatoms. The van der Waals surface area contributed by atoms with E-state index >= 15 is 0 Å². The van der Waals surface area contributed by atoms with Crippen molar-refractivity contribution < 1.29 is 14.1 Å². The van der Waals surface area contributed by atoms with E-state index in [1.54, 1.807) is 43.1 Å². The van der Waals surface area contributed by atoms with Crippen molar-refractivity contribution in [2.45, 2.75) is 26.8 Å². The van der Waals surface area contributed by atoms with Crippen LogP contribution in [0, 0.1) is 4.91 Å². The maximum Gasteiger partial charge on any atom is 0.220 e. The van der Waals surface area contributed by atoms with E-state index in [0.717, 1.165) is 0 Å². The number of carbonyl (C=O) groups is 1. The van der Waals surface area contributed by atoms with Crippen LogP contribution in [0.3, 0.4) is 0 Å². The summed E-state index contributed by atoms with van der Waals surface area (Å²) in [5.74, 6) is 0.0814. The Morgan fingerprint density at radius 3 is 2.50 bits per heavy atom. The minimum atomic E-state index is -2.54. The molecule has 3 aromatic rings. The zero-order chi connectivity index (χ0) is 23.5. The number of benzene rings is 1. The third kappa shape index (κ3) is 4.60. The summed E-state index contributed by atoms with van der Waals surface area (Å²) in [5.41, 5.74) is 2.89. The van der Waals surface area contributed by atoms with Crippen LogP contribution in [0.4, 0.5) is 17.2 Å². The molecule has 2 aromatic heterocycles. The number of ether oxygens (including phenoxy) is 1. The molecule has 0 atom stereocenters. The van der Waals surface area contributed by atoms with Gasteiger partial charge >= 0.3 is 0 Å². The van der Waals surface area contributed by atoms with Crippen molar-refractivity contribution in [2.24, 2.45) is 5.18 Å². The molecule has 0 aliphatic rings. The lowest BCUT2D eigenvalue weighted by molar-refractivity contribution is 0.0983. The molecule has 0 saturated carbocycles. The second kappa shape index (κ2) is 9.40. The van der Waals surface area contributed by atoms with Gasteiger partial charge in [-0.1, -0.05) is 13.0 Å². The monoisotopic (exact) mass is 456 g/mol. The van der Waals surface area contributed by atoms with Crippen LogP contribution in [-0.2, 0) is 11.1 Å². The molecule has 0 spiro atoms. The lowest BCUT2D eigenvalue weighted by Gasteiger charge is -2.15. The Morgan fingerprint density at radius 1 is 1.19 bits per heavy atom. The third-order valence-corrected chi connectivity index (χ3v) is 6.30. The Balaban J connectivity index is 2.12. The molecular weight excluding hydrogens is 431 g/mol. The van der Waals surface area contributed by atoms with Gasteiger partial charge in [-0.15, -0.1) is 15.1 Å². The first-order valence-electron chi connectivity index (χ1n) is 10.1. The first-order chi connectivity index (χ1) is 15.2. The number of hydrogen-bond donors (Lipinski definition) is 1. The average molecular weight is 456 g/mol. The summed E-state index contributed by atoms with van der Waals surface area (Å²) in [5, 5.41) is 18.1. The normalized spacial score (nSPS) is 11.3. The van der Waals surface area contributed by atoms with Crippen LogP contribution in [0.2, 0.25) is 0 Å². The molecule has 0 aliphatic heterocycles. The van der Waals surface area contributed by atoms with E-state index in [4.69, 9.17) is 4.74 Å². The highest BCUT2D eigenvalue weighted by atomic mass is 31.2. The molecule has 0 radical (unpaired) electrons. The summed E-state index contributed by atoms with van der Waals surface area (Å²) in [7, 11) is -1.02. The number of anilines is 2. The summed E-state index contributed by atoms with van der Waals surface area (Å²) in [6.45, 7) is 7.64. The molecule has 0 aliphatic carbocycles. The molecule has 168 valence electrons. The van der Waals surface area contributed by atoms with Gasteiger partial charge in [-0.05, 0) is 43.6 Å². The number of aryl methyl sites for hydroxylation is 1. The van der Waals surface area contributed by atoms with Gasteiger partial charge in [0.2, 0.25) is 5.82 Å². The van der Waals surface area contributed by atoms with Crippen molar-refractivity contribution >= 4 is 35.6 Å². The number of methoxy groups -OCH3 is 1. The van der Waals surface area contributed by atoms with Crippen LogP contribution >= 0.6 is 7.14 Å². The Morgan fingerprint density at radius 2 is 1.94 bits per heavy atom. The van der Waals surface area contributed by atoms with E-state index in [0.29, 0.717) is 40.4 Å². The molecule has 3 rings (SSSR count). The van der Waals surface area contributed by atoms with Gasteiger partial charge in [-0.25, -0.2) is 0 Å². The van der Waals surface area contributed by atoms with E-state index in [1.165, 1.54) is 13.2 Å². The summed E-state index contributed by atoms with van der Waals surface area (Å²) >= 11 is 0. The fourth-order valence-electron chi connectivity index (χ4n) is 3.30. The lowest BCUT2D eigenvalue weighted by atomic mass is 10.1. The van der Waals surface area contributed by atoms with E-state index in [-0.39, 0.29) is 23.7 Å². The zero-order valence-corrected chi connectivity index (χ0v) is 19.5. The van der Waals surface area contributed by atoms with Gasteiger partial charge in [0.05, 0.1) is 29.6 Å². The molecule has 1 N–H and O–H groups in total. The van der Waals surface area contributed by atoms with Crippen LogP contribution in [0.1, 0.15) is 30.8 Å². The number of nitrogens with zero attached hydrogens (tertiary/aromatic N) is 5. The molecule has 10 nitrogen and oxygen atoms in total. The van der Waals surface area contributed by atoms with E-state index < -0.39 is 7.14 Å². The first-order valence-corrected chi connectivity index (χ1v) is 12.7. The summed E-state index contributed by atoms with van der Waals surface area (Å²) in [6, 6.07) is 8.58. The largest absolute Gasteiger partial charge is 0.494 e. The number of para-hydroxylation sites is 1. The third-order valence-electron chi connectivity index (χ3n) is 4.83. The lowest BCUT2D eigenvalue weighted by Crippen LogP contribution is -2.16. The van der Waals surface area contributed by atoms with Crippen molar-refractivity contribution in [1.29, 1.82) is 0 Å². The SMILES string of the molecule is CCC(=O)c1nnc(N=O)cc1Nc1cccc(-c2cc(P(C)(C)=O)n(CC)n2)c1OC. The van der Waals surface area contributed by atoms with Gasteiger partial charge < -0.3 is 14.6 Å². The number of ketones is 1. The van der Waals surface area contributed by atoms with Gasteiger partial charge in [-0.3, -0.25) is 9.48 Å². The van der Waals surface area contributed by atoms with Gasteiger partial charge in [0.15, 0.2) is 17.2 Å². The highest BCUT2D eigenvalue weighted by Gasteiger charge is 2.22. The zero-order valence-electron chi connectivity index (χ0n) is 18.6. The maximum atomic E-state index is 12.7. The van der Waals surface area contributed by atoms with Crippen LogP contribution in [0.25, 0.3) is 11.3 Å². The molecule has 0 bridgehead atoms. The van der Waals surface area contributed by atoms with Crippen LogP contribution in [0.5, 0.6) is 5.75 Å². The van der Waals surface area contributed by atoms with Crippen molar-refractivity contribution in [1.82, 2.24) is 20.0 Å². The van der Waals surface area contributed by atoms with Gasteiger partial charge in [0.1, 0.15) is 7.14 Å². The van der Waals surface area contributed by atoms with E-state index in [2.05, 4.69) is 25.8 Å². The quantitative estimate of drug-likeness (QED) is 0.286. The predicted octanol–water partition coefficient (Wildman–Crippen LogP) is 4.35. The summed E-state index contributed by atoms with van der Waals surface area (Å²) in [4.78, 5) is 23.3. The van der Waals surface area contributed by atoms with E-state index in [9.17, 15) is 14.3 Å². The number of hydrogen-bond acceptors (Lipinski definition) is 9. The second-order valence-electron chi connectivity index (χ2n) is 7.40. The first kappa shape index (κ1) is 23.3. The van der Waals surface area contributed by atoms with Gasteiger partial charge in [0.25, 0.3) is 0 Å². The molecule has 0 saturated heterocycles. The molecule has 0 amide bonds. The highest BCUT2D eigenvalue weighted by molar-refractivity contribution is 7.69. The van der Waals surface area contributed by atoms with Crippen molar-refractivity contribution in [3.8, 4) is 17.0 Å². The summed E-state index contributed by atoms with van der Waals surface area (Å²) in [6.07, 6.45) is 0.222. The highest BCUT2D eigenvalue weighted by Crippen LogP contribution is 2.40. The number of aromatic nitrogens is 4. The molecule has 2 heterocycles. The minimum Gasteiger partial charge on any atom is -0.494 e. The molecule has 0 fully saturated rings. The van der Waals surface area contributed by atoms with Crippen LogP contribution in [-0.4, -0.2) is 46.2 Å². The van der Waals surface area contributed by atoms with Gasteiger partial charge in [-0.2, -0.15) is 5.10 Å². The smallest absolute Gasteiger partial charge is 0.220 e. The van der Waals surface area contributed by atoms with Crippen molar-refractivity contribution in [2.75, 3.05) is 25.8 Å². The van der Waals surface area contributed by atoms with Crippen LogP contribution in [0.15, 0.2) is 35.5 Å². The number of Topliss-reactive ketones (excluding diaryl/α,β-unsaturated/α-hetero) is 1. The number of rotatable bonds is 9. The topological polar surface area (TPSA) is 128 Å². The molecular formula is C21H25N6O4P. The average Bonchev–Trinajstić information content (AvgIpc) is 3.23. The Kier molecular flexibility index (Phi) is 6.84. The van der Waals surface area contributed by atoms with Gasteiger partial charge in [0, 0.05) is 24.6 Å². The number of nitroso groups, excluding NO2 is 1. The van der Waals surface area contributed by atoms with Crippen LogP contribution < -0.4 is 15.5 Å². The second-order valence-corrected chi connectivity index (χ2v) is 10.6. The Hall–Kier alpha value is -3.39. The predicted molar refractivity (Wildman–Crippen MR) is 124 cm³/mol. The number of carbonyl (C=O) groups excluding carboxylic acids is 1. The minimum absolute atomic E-state index is 0.0998. The van der Waals surface area contributed by atoms with E-state index in [1.807, 2.05) is 13.0 Å². The van der Waals surface area contributed by atoms with Crippen molar-refractivity contribution in [3.63, 3.8) is 0 Å². The standard InChI is InChI=1S/C21H25N6O4P/c1-6-17(28)20-16(11-18(26-29)23-24-20)22-14-10-8-9-13(21(14)31-3)15-12-19(32(4,5)30)27(7-2)25-15/h8-12H,6-7H2,1-5H3,(H,22,23). The fraction of sp³-hybridized carbons (Fsp3) is 0.333. The summed E-state index contributed by atoms with van der Waals surface area (Å²) < 4.78 is 20.1. The molecule has 32 heavy (non-hydrogen) atoms. The Labute approximate surface area is 185 Å². The Bertz CT molecular complexity index is 1220. The van der Waals surface area contributed by atoms with Crippen molar-refractivity contribution in [3.05, 3.63) is 40.9 Å². The fourth-order valence-corrected chi connectivity index (χ4v) is 4.48. The maximum absolute atomic E-state index is 12.7. The number of nitrogens with one attached hydrogen (secondary N) is 1. The molecule has 0 unspecified atom stereocenters.